The van der Waals surface area contributed by atoms with Crippen LogP contribution in [0.15, 0.2) is 6.33 Å². The monoisotopic (exact) mass is 293 g/mol. The molecule has 0 bridgehead atoms. The maximum Gasteiger partial charge on any atom is 0.134 e. The van der Waals surface area contributed by atoms with Gasteiger partial charge in [0.1, 0.15) is 18.0 Å². The number of aromatic nitrogens is 2. The lowest BCUT2D eigenvalue weighted by Crippen LogP contribution is -2.40. The van der Waals surface area contributed by atoms with E-state index in [2.05, 4.69) is 67.0 Å². The highest BCUT2D eigenvalue weighted by atomic mass is 15.2. The molecule has 0 saturated carbocycles. The summed E-state index contributed by atoms with van der Waals surface area (Å²) in [7, 11) is 0. The summed E-state index contributed by atoms with van der Waals surface area (Å²) in [6.07, 6.45) is 2.55. The van der Waals surface area contributed by atoms with Gasteiger partial charge in [0, 0.05) is 37.3 Å². The van der Waals surface area contributed by atoms with Gasteiger partial charge in [0.2, 0.25) is 0 Å². The van der Waals surface area contributed by atoms with Crippen LogP contribution in [0.4, 0.5) is 11.6 Å². The van der Waals surface area contributed by atoms with Crippen LogP contribution in [0.25, 0.3) is 0 Å². The van der Waals surface area contributed by atoms with Crippen molar-refractivity contribution < 1.29 is 0 Å². The highest BCUT2D eigenvalue weighted by Gasteiger charge is 2.13. The average Bonchev–Trinajstić information content (AvgIpc) is 2.43. The SMILES string of the molecule is CCNc1ncnc(NCCN(C(C)C)C(C)C)c1CC. The molecule has 5 heteroatoms. The Balaban J connectivity index is 2.68. The van der Waals surface area contributed by atoms with Crippen LogP contribution >= 0.6 is 0 Å². The van der Waals surface area contributed by atoms with Crippen molar-refractivity contribution in [1.29, 1.82) is 0 Å². The molecule has 0 aromatic carbocycles. The summed E-state index contributed by atoms with van der Waals surface area (Å²) in [6.45, 7) is 16.0. The van der Waals surface area contributed by atoms with Gasteiger partial charge in [0.25, 0.3) is 0 Å². The molecule has 0 aliphatic carbocycles. The Kier molecular flexibility index (Phi) is 7.43. The number of hydrogen-bond donors (Lipinski definition) is 2. The lowest BCUT2D eigenvalue weighted by atomic mass is 10.2. The molecule has 0 fully saturated rings. The quantitative estimate of drug-likeness (QED) is 0.733. The van der Waals surface area contributed by atoms with E-state index in [1.165, 1.54) is 5.56 Å². The van der Waals surface area contributed by atoms with E-state index in [1.54, 1.807) is 6.33 Å². The molecule has 0 unspecified atom stereocenters. The zero-order valence-corrected chi connectivity index (χ0v) is 14.4. The van der Waals surface area contributed by atoms with E-state index < -0.39 is 0 Å². The van der Waals surface area contributed by atoms with Crippen LogP contribution in [-0.2, 0) is 6.42 Å². The Morgan fingerprint density at radius 3 is 2.05 bits per heavy atom. The Bertz CT molecular complexity index is 409. The van der Waals surface area contributed by atoms with Crippen molar-refractivity contribution in [2.24, 2.45) is 0 Å². The predicted molar refractivity (Wildman–Crippen MR) is 91.0 cm³/mol. The van der Waals surface area contributed by atoms with E-state index in [4.69, 9.17) is 0 Å². The van der Waals surface area contributed by atoms with Crippen LogP contribution in [0.1, 0.15) is 47.1 Å². The fourth-order valence-electron chi connectivity index (χ4n) is 2.64. The lowest BCUT2D eigenvalue weighted by Gasteiger charge is -2.30. The van der Waals surface area contributed by atoms with E-state index in [-0.39, 0.29) is 0 Å². The minimum atomic E-state index is 0.556. The van der Waals surface area contributed by atoms with E-state index in [9.17, 15) is 0 Å². The summed E-state index contributed by atoms with van der Waals surface area (Å²) in [4.78, 5) is 11.2. The molecule has 1 rings (SSSR count). The van der Waals surface area contributed by atoms with Crippen molar-refractivity contribution in [1.82, 2.24) is 14.9 Å². The number of anilines is 2. The molecule has 0 saturated heterocycles. The summed E-state index contributed by atoms with van der Waals surface area (Å²) in [5, 5.41) is 6.77. The third-order valence-corrected chi connectivity index (χ3v) is 3.63. The third-order valence-electron chi connectivity index (χ3n) is 3.63. The first-order valence-corrected chi connectivity index (χ1v) is 8.08. The Morgan fingerprint density at radius 2 is 1.57 bits per heavy atom. The van der Waals surface area contributed by atoms with Crippen LogP contribution in [-0.4, -0.2) is 46.6 Å². The fourth-order valence-corrected chi connectivity index (χ4v) is 2.64. The van der Waals surface area contributed by atoms with Crippen molar-refractivity contribution in [3.8, 4) is 0 Å². The third kappa shape index (κ3) is 5.16. The van der Waals surface area contributed by atoms with E-state index >= 15 is 0 Å². The molecule has 21 heavy (non-hydrogen) atoms. The van der Waals surface area contributed by atoms with Crippen molar-refractivity contribution in [2.75, 3.05) is 30.3 Å². The molecule has 1 aromatic rings. The molecule has 120 valence electrons. The maximum absolute atomic E-state index is 4.40. The molecule has 2 N–H and O–H groups in total. The number of hydrogen-bond acceptors (Lipinski definition) is 5. The highest BCUT2D eigenvalue weighted by molar-refractivity contribution is 5.57. The second-order valence-electron chi connectivity index (χ2n) is 5.79. The molecule has 0 spiro atoms. The van der Waals surface area contributed by atoms with Crippen LogP contribution in [0.3, 0.4) is 0 Å². The Labute approximate surface area is 129 Å². The topological polar surface area (TPSA) is 53.1 Å². The smallest absolute Gasteiger partial charge is 0.134 e. The Morgan fingerprint density at radius 1 is 1.00 bits per heavy atom. The van der Waals surface area contributed by atoms with E-state index in [1.807, 2.05) is 0 Å². The number of nitrogens with one attached hydrogen (secondary N) is 2. The fraction of sp³-hybridized carbons (Fsp3) is 0.750. The normalized spacial score (nSPS) is 11.5. The summed E-state index contributed by atoms with van der Waals surface area (Å²) in [5.74, 6) is 1.90. The summed E-state index contributed by atoms with van der Waals surface area (Å²) in [6, 6.07) is 1.11. The first-order valence-electron chi connectivity index (χ1n) is 8.08. The van der Waals surface area contributed by atoms with Crippen LogP contribution < -0.4 is 10.6 Å². The maximum atomic E-state index is 4.40. The second-order valence-corrected chi connectivity index (χ2v) is 5.79. The van der Waals surface area contributed by atoms with Crippen molar-refractivity contribution in [2.45, 2.75) is 60.0 Å². The number of nitrogens with zero attached hydrogens (tertiary/aromatic N) is 3. The van der Waals surface area contributed by atoms with Gasteiger partial charge >= 0.3 is 0 Å². The lowest BCUT2D eigenvalue weighted by molar-refractivity contribution is 0.182. The Hall–Kier alpha value is -1.36. The first-order chi connectivity index (χ1) is 10.0. The van der Waals surface area contributed by atoms with Gasteiger partial charge < -0.3 is 10.6 Å². The predicted octanol–water partition coefficient (Wildman–Crippen LogP) is 3.00. The zero-order valence-electron chi connectivity index (χ0n) is 14.4. The molecular formula is C16H31N5. The number of rotatable bonds is 9. The molecular weight excluding hydrogens is 262 g/mol. The van der Waals surface area contributed by atoms with Gasteiger partial charge in [-0.3, -0.25) is 4.90 Å². The molecule has 5 nitrogen and oxygen atoms in total. The van der Waals surface area contributed by atoms with Gasteiger partial charge in [0.15, 0.2) is 0 Å². The summed E-state index contributed by atoms with van der Waals surface area (Å²) >= 11 is 0. The molecule has 0 radical (unpaired) electrons. The van der Waals surface area contributed by atoms with Crippen LogP contribution in [0.5, 0.6) is 0 Å². The molecule has 1 aromatic heterocycles. The molecule has 0 aliphatic rings. The minimum Gasteiger partial charge on any atom is -0.370 e. The van der Waals surface area contributed by atoms with E-state index in [0.29, 0.717) is 12.1 Å². The first kappa shape index (κ1) is 17.7. The van der Waals surface area contributed by atoms with Crippen molar-refractivity contribution in [3.63, 3.8) is 0 Å². The highest BCUT2D eigenvalue weighted by Crippen LogP contribution is 2.20. The second kappa shape index (κ2) is 8.82. The summed E-state index contributed by atoms with van der Waals surface area (Å²) in [5.41, 5.74) is 1.17. The van der Waals surface area contributed by atoms with Crippen molar-refractivity contribution in [3.05, 3.63) is 11.9 Å². The molecule has 0 aliphatic heterocycles. The average molecular weight is 293 g/mol. The van der Waals surface area contributed by atoms with Gasteiger partial charge in [-0.15, -0.1) is 0 Å². The van der Waals surface area contributed by atoms with Gasteiger partial charge in [-0.05, 0) is 41.0 Å². The van der Waals surface area contributed by atoms with Gasteiger partial charge in [-0.2, -0.15) is 0 Å². The van der Waals surface area contributed by atoms with Gasteiger partial charge in [-0.1, -0.05) is 6.92 Å². The zero-order chi connectivity index (χ0) is 15.8. The van der Waals surface area contributed by atoms with Gasteiger partial charge in [0.05, 0.1) is 0 Å². The molecule has 1 heterocycles. The van der Waals surface area contributed by atoms with Gasteiger partial charge in [-0.25, -0.2) is 9.97 Å². The standard InChI is InChI=1S/C16H31N5/c1-7-14-15(17-8-2)19-11-20-16(14)18-9-10-21(12(3)4)13(5)6/h11-13H,7-10H2,1-6H3,(H2,17,18,19,20). The molecule has 0 amide bonds. The summed E-state index contributed by atoms with van der Waals surface area (Å²) < 4.78 is 0. The largest absolute Gasteiger partial charge is 0.370 e. The van der Waals surface area contributed by atoms with Crippen LogP contribution in [0, 0.1) is 0 Å². The van der Waals surface area contributed by atoms with E-state index in [0.717, 1.165) is 37.7 Å². The minimum absolute atomic E-state index is 0.556. The molecule has 0 atom stereocenters. The van der Waals surface area contributed by atoms with Crippen molar-refractivity contribution >= 4 is 11.6 Å². The van der Waals surface area contributed by atoms with Crippen LogP contribution in [0.2, 0.25) is 0 Å².